The summed E-state index contributed by atoms with van der Waals surface area (Å²) in [4.78, 5) is 13.3. The van der Waals surface area contributed by atoms with Crippen LogP contribution in [0.15, 0.2) is 12.7 Å². The molecule has 0 spiro atoms. The first-order valence-corrected chi connectivity index (χ1v) is 4.12. The van der Waals surface area contributed by atoms with Crippen molar-refractivity contribution in [1.29, 1.82) is 0 Å². The van der Waals surface area contributed by atoms with Crippen molar-refractivity contribution in [2.24, 2.45) is 5.73 Å². The maximum absolute atomic E-state index is 11.2. The molecule has 1 aliphatic rings. The van der Waals surface area contributed by atoms with Crippen LogP contribution in [0.3, 0.4) is 0 Å². The van der Waals surface area contributed by atoms with E-state index < -0.39 is 0 Å². The Balaban J connectivity index is 2.57. The Morgan fingerprint density at radius 3 is 3.17 bits per heavy atom. The van der Waals surface area contributed by atoms with E-state index in [1.165, 1.54) is 0 Å². The van der Waals surface area contributed by atoms with E-state index in [0.717, 1.165) is 13.1 Å². The lowest BCUT2D eigenvalue weighted by atomic mass is 10.2. The quantitative estimate of drug-likeness (QED) is 0.529. The molecule has 0 radical (unpaired) electrons. The van der Waals surface area contributed by atoms with Gasteiger partial charge in [0, 0.05) is 26.2 Å². The fourth-order valence-electron chi connectivity index (χ4n) is 1.40. The summed E-state index contributed by atoms with van der Waals surface area (Å²) in [7, 11) is 0. The second-order valence-electron chi connectivity index (χ2n) is 2.83. The number of nitrogens with zero attached hydrogens (tertiary/aromatic N) is 1. The normalized spacial score (nSPS) is 25.1. The van der Waals surface area contributed by atoms with Gasteiger partial charge in [-0.15, -0.1) is 6.58 Å². The fourth-order valence-corrected chi connectivity index (χ4v) is 1.40. The highest BCUT2D eigenvalue weighted by Gasteiger charge is 2.26. The molecule has 0 aromatic heterocycles. The van der Waals surface area contributed by atoms with Crippen LogP contribution in [0.4, 0.5) is 0 Å². The van der Waals surface area contributed by atoms with E-state index in [4.69, 9.17) is 5.73 Å². The highest BCUT2D eigenvalue weighted by atomic mass is 16.2. The number of carbonyl (C=O) groups is 1. The second kappa shape index (κ2) is 4.23. The molecule has 1 aliphatic heterocycles. The predicted molar refractivity (Wildman–Crippen MR) is 47.6 cm³/mol. The number of carbonyl (C=O) groups excluding carboxylic acids is 1. The van der Waals surface area contributed by atoms with Gasteiger partial charge in [-0.2, -0.15) is 0 Å². The van der Waals surface area contributed by atoms with Crippen LogP contribution in [0, 0.1) is 0 Å². The van der Waals surface area contributed by atoms with Crippen LogP contribution < -0.4 is 11.1 Å². The number of nitrogens with two attached hydrogens (primary N) is 1. The zero-order chi connectivity index (χ0) is 8.97. The lowest BCUT2D eigenvalue weighted by Crippen LogP contribution is -2.57. The van der Waals surface area contributed by atoms with Crippen LogP contribution in [0.2, 0.25) is 0 Å². The molecule has 0 aromatic carbocycles. The molecule has 1 rings (SSSR count). The molecule has 4 heteroatoms. The molecule has 3 N–H and O–H groups in total. The smallest absolute Gasteiger partial charge is 0.238 e. The van der Waals surface area contributed by atoms with E-state index in [9.17, 15) is 4.79 Å². The largest absolute Gasteiger partial charge is 0.353 e. The number of piperazine rings is 1. The lowest BCUT2D eigenvalue weighted by Gasteiger charge is -2.33. The van der Waals surface area contributed by atoms with Crippen LogP contribution in [-0.4, -0.2) is 43.0 Å². The van der Waals surface area contributed by atoms with E-state index in [-0.39, 0.29) is 11.9 Å². The number of hydrogen-bond acceptors (Lipinski definition) is 3. The molecule has 0 aromatic rings. The molecule has 0 aliphatic carbocycles. The third-order valence-corrected chi connectivity index (χ3v) is 2.03. The first-order chi connectivity index (χ1) is 5.79. The first kappa shape index (κ1) is 9.22. The molecule has 1 unspecified atom stereocenters. The van der Waals surface area contributed by atoms with Crippen molar-refractivity contribution in [2.75, 3.05) is 26.2 Å². The van der Waals surface area contributed by atoms with Gasteiger partial charge in [0.2, 0.25) is 5.91 Å². The van der Waals surface area contributed by atoms with Crippen molar-refractivity contribution in [2.45, 2.75) is 6.04 Å². The Labute approximate surface area is 72.4 Å². The second-order valence-corrected chi connectivity index (χ2v) is 2.83. The molecule has 0 saturated carbocycles. The van der Waals surface area contributed by atoms with Crippen LogP contribution in [0.5, 0.6) is 0 Å². The minimum absolute atomic E-state index is 0.0330. The van der Waals surface area contributed by atoms with Crippen LogP contribution in [0.1, 0.15) is 0 Å². The van der Waals surface area contributed by atoms with Crippen molar-refractivity contribution in [3.05, 3.63) is 12.7 Å². The summed E-state index contributed by atoms with van der Waals surface area (Å²) in [5.41, 5.74) is 5.48. The molecule has 1 amide bonds. The highest BCUT2D eigenvalue weighted by molar-refractivity contribution is 5.82. The first-order valence-electron chi connectivity index (χ1n) is 4.12. The summed E-state index contributed by atoms with van der Waals surface area (Å²) in [5.74, 6) is 0.0330. The topological polar surface area (TPSA) is 58.4 Å². The summed E-state index contributed by atoms with van der Waals surface area (Å²) in [6, 6.07) is -0.170. The van der Waals surface area contributed by atoms with Crippen molar-refractivity contribution >= 4 is 5.91 Å². The maximum atomic E-state index is 11.2. The Kier molecular flexibility index (Phi) is 3.25. The van der Waals surface area contributed by atoms with Gasteiger partial charge in [0.25, 0.3) is 0 Å². The summed E-state index contributed by atoms with van der Waals surface area (Å²) in [6.45, 7) is 6.31. The minimum Gasteiger partial charge on any atom is -0.353 e. The fraction of sp³-hybridized carbons (Fsp3) is 0.625. The molecule has 1 saturated heterocycles. The zero-order valence-electron chi connectivity index (χ0n) is 7.12. The van der Waals surface area contributed by atoms with Gasteiger partial charge in [-0.25, -0.2) is 0 Å². The summed E-state index contributed by atoms with van der Waals surface area (Å²) >= 11 is 0. The molecule has 68 valence electrons. The monoisotopic (exact) mass is 169 g/mol. The van der Waals surface area contributed by atoms with E-state index in [1.54, 1.807) is 6.08 Å². The van der Waals surface area contributed by atoms with Gasteiger partial charge in [-0.1, -0.05) is 6.08 Å². The average molecular weight is 169 g/mol. The molecular weight excluding hydrogens is 154 g/mol. The zero-order valence-corrected chi connectivity index (χ0v) is 7.12. The molecule has 12 heavy (non-hydrogen) atoms. The molecular formula is C8H15N3O. The van der Waals surface area contributed by atoms with E-state index in [2.05, 4.69) is 11.9 Å². The Bertz CT molecular complexity index is 181. The van der Waals surface area contributed by atoms with E-state index >= 15 is 0 Å². The van der Waals surface area contributed by atoms with Crippen molar-refractivity contribution < 1.29 is 4.79 Å². The summed E-state index contributed by atoms with van der Waals surface area (Å²) in [6.07, 6.45) is 1.79. The predicted octanol–water partition coefficient (Wildman–Crippen LogP) is -1.07. The summed E-state index contributed by atoms with van der Waals surface area (Å²) in [5, 5.41) is 2.78. The van der Waals surface area contributed by atoms with E-state index in [1.807, 2.05) is 4.90 Å². The van der Waals surface area contributed by atoms with E-state index in [0.29, 0.717) is 13.1 Å². The number of nitrogens with one attached hydrogen (secondary N) is 1. The van der Waals surface area contributed by atoms with Crippen molar-refractivity contribution in [1.82, 2.24) is 10.2 Å². The third kappa shape index (κ3) is 1.84. The van der Waals surface area contributed by atoms with Crippen LogP contribution >= 0.6 is 0 Å². The van der Waals surface area contributed by atoms with Gasteiger partial charge in [0.1, 0.15) is 6.04 Å². The number of amides is 1. The van der Waals surface area contributed by atoms with Gasteiger partial charge in [0.05, 0.1) is 0 Å². The van der Waals surface area contributed by atoms with Gasteiger partial charge in [-0.05, 0) is 0 Å². The average Bonchev–Trinajstić information content (AvgIpc) is 2.05. The van der Waals surface area contributed by atoms with Crippen molar-refractivity contribution in [3.8, 4) is 0 Å². The minimum atomic E-state index is -0.170. The number of rotatable bonds is 3. The molecule has 4 nitrogen and oxygen atoms in total. The molecule has 1 fully saturated rings. The van der Waals surface area contributed by atoms with Gasteiger partial charge in [0.15, 0.2) is 0 Å². The van der Waals surface area contributed by atoms with Gasteiger partial charge < -0.3 is 11.1 Å². The van der Waals surface area contributed by atoms with Crippen LogP contribution in [0.25, 0.3) is 0 Å². The summed E-state index contributed by atoms with van der Waals surface area (Å²) < 4.78 is 0. The Morgan fingerprint density at radius 2 is 2.58 bits per heavy atom. The Hall–Kier alpha value is -0.870. The third-order valence-electron chi connectivity index (χ3n) is 2.03. The lowest BCUT2D eigenvalue weighted by molar-refractivity contribution is -0.128. The molecule has 1 atom stereocenters. The van der Waals surface area contributed by atoms with Gasteiger partial charge in [-0.3, -0.25) is 9.69 Å². The maximum Gasteiger partial charge on any atom is 0.238 e. The molecule has 0 bridgehead atoms. The highest BCUT2D eigenvalue weighted by Crippen LogP contribution is 2.02. The van der Waals surface area contributed by atoms with Gasteiger partial charge >= 0.3 is 0 Å². The standard InChI is InChI=1S/C8H15N3O/c1-2-4-11-5-3-10-8(12)7(11)6-9/h2,7H,1,3-6,9H2,(H,10,12). The van der Waals surface area contributed by atoms with Crippen LogP contribution in [-0.2, 0) is 4.79 Å². The van der Waals surface area contributed by atoms with Crippen molar-refractivity contribution in [3.63, 3.8) is 0 Å². The SMILES string of the molecule is C=CCN1CCNC(=O)C1CN. The molecule has 1 heterocycles. The Morgan fingerprint density at radius 1 is 1.83 bits per heavy atom. The number of hydrogen-bond donors (Lipinski definition) is 2.